The van der Waals surface area contributed by atoms with Crippen LogP contribution in [-0.4, -0.2) is 5.97 Å². The standard InChI is InChI=1S/C14H16O2/c1-8(2)14(15)16-12-6-5-11-9-3-4-10(7-9)13(11)12/h6,9,11H,1,3-5,7H2,2H3. The average molecular weight is 216 g/mol. The summed E-state index contributed by atoms with van der Waals surface area (Å²) in [6, 6.07) is 0. The first-order valence-electron chi connectivity index (χ1n) is 5.97. The summed E-state index contributed by atoms with van der Waals surface area (Å²) in [4.78, 5) is 11.5. The van der Waals surface area contributed by atoms with Crippen molar-refractivity contribution in [3.8, 4) is 0 Å². The van der Waals surface area contributed by atoms with Crippen LogP contribution < -0.4 is 0 Å². The molecule has 3 aliphatic carbocycles. The molecule has 0 aromatic rings. The molecule has 3 aliphatic rings. The number of carbonyl (C=O) groups excluding carboxylic acids is 1. The van der Waals surface area contributed by atoms with Crippen molar-refractivity contribution in [3.63, 3.8) is 0 Å². The maximum absolute atomic E-state index is 11.5. The number of hydrogen-bond acceptors (Lipinski definition) is 2. The van der Waals surface area contributed by atoms with Gasteiger partial charge in [0.25, 0.3) is 0 Å². The van der Waals surface area contributed by atoms with E-state index in [0.29, 0.717) is 11.5 Å². The van der Waals surface area contributed by atoms with Crippen LogP contribution in [0.2, 0.25) is 0 Å². The Kier molecular flexibility index (Phi) is 2.06. The number of carbonyl (C=O) groups is 1. The van der Waals surface area contributed by atoms with E-state index in [-0.39, 0.29) is 5.97 Å². The number of fused-ring (bicyclic) bond motifs is 4. The molecule has 84 valence electrons. The molecule has 1 fully saturated rings. The smallest absolute Gasteiger partial charge is 0.338 e. The van der Waals surface area contributed by atoms with Gasteiger partial charge < -0.3 is 4.74 Å². The molecule has 0 spiro atoms. The van der Waals surface area contributed by atoms with Crippen LogP contribution >= 0.6 is 0 Å². The van der Waals surface area contributed by atoms with Gasteiger partial charge in [0.05, 0.1) is 0 Å². The molecule has 2 unspecified atom stereocenters. The first kappa shape index (κ1) is 9.88. The van der Waals surface area contributed by atoms with Gasteiger partial charge in [-0.2, -0.15) is 0 Å². The number of allylic oxidation sites excluding steroid dienone is 3. The molecule has 3 rings (SSSR count). The molecule has 0 heterocycles. The zero-order valence-corrected chi connectivity index (χ0v) is 9.58. The quantitative estimate of drug-likeness (QED) is 0.523. The van der Waals surface area contributed by atoms with Crippen LogP contribution in [0.4, 0.5) is 0 Å². The Balaban J connectivity index is 1.83. The van der Waals surface area contributed by atoms with E-state index in [2.05, 4.69) is 12.7 Å². The van der Waals surface area contributed by atoms with Crippen molar-refractivity contribution < 1.29 is 9.53 Å². The van der Waals surface area contributed by atoms with Crippen molar-refractivity contribution in [1.29, 1.82) is 0 Å². The second kappa shape index (κ2) is 3.34. The summed E-state index contributed by atoms with van der Waals surface area (Å²) in [7, 11) is 0. The van der Waals surface area contributed by atoms with E-state index >= 15 is 0 Å². The molecule has 2 bridgehead atoms. The minimum Gasteiger partial charge on any atom is -0.423 e. The highest BCUT2D eigenvalue weighted by Crippen LogP contribution is 2.54. The molecule has 0 aliphatic heterocycles. The molecule has 0 radical (unpaired) electrons. The fourth-order valence-corrected chi connectivity index (χ4v) is 3.26. The Labute approximate surface area is 95.7 Å². The van der Waals surface area contributed by atoms with Gasteiger partial charge in [-0.1, -0.05) is 12.2 Å². The zero-order valence-electron chi connectivity index (χ0n) is 9.58. The number of hydrogen-bond donors (Lipinski definition) is 0. The van der Waals surface area contributed by atoms with Crippen molar-refractivity contribution >= 4 is 5.97 Å². The largest absolute Gasteiger partial charge is 0.423 e. The lowest BCUT2D eigenvalue weighted by Crippen LogP contribution is -2.11. The van der Waals surface area contributed by atoms with E-state index in [9.17, 15) is 4.79 Å². The van der Waals surface area contributed by atoms with E-state index in [1.54, 1.807) is 6.92 Å². The molecular formula is C14H16O2. The minimum absolute atomic E-state index is 0.289. The molecule has 0 saturated heterocycles. The highest BCUT2D eigenvalue weighted by molar-refractivity contribution is 5.88. The monoisotopic (exact) mass is 216 g/mol. The van der Waals surface area contributed by atoms with Gasteiger partial charge in [0, 0.05) is 5.57 Å². The third-order valence-corrected chi connectivity index (χ3v) is 4.02. The molecule has 0 aromatic carbocycles. The zero-order chi connectivity index (χ0) is 11.3. The maximum atomic E-state index is 11.5. The van der Waals surface area contributed by atoms with Gasteiger partial charge >= 0.3 is 5.97 Å². The predicted octanol–water partition coefficient (Wildman–Crippen LogP) is 3.12. The van der Waals surface area contributed by atoms with Crippen LogP contribution in [0, 0.1) is 11.8 Å². The third kappa shape index (κ3) is 1.29. The highest BCUT2D eigenvalue weighted by atomic mass is 16.5. The van der Waals surface area contributed by atoms with Gasteiger partial charge in [0.2, 0.25) is 0 Å². The van der Waals surface area contributed by atoms with Gasteiger partial charge in [-0.05, 0) is 56.1 Å². The maximum Gasteiger partial charge on any atom is 0.338 e. The Morgan fingerprint density at radius 1 is 1.56 bits per heavy atom. The molecule has 0 N–H and O–H groups in total. The van der Waals surface area contributed by atoms with Crippen LogP contribution in [0.25, 0.3) is 0 Å². The Bertz CT molecular complexity index is 440. The minimum atomic E-state index is -0.289. The summed E-state index contributed by atoms with van der Waals surface area (Å²) in [5, 5.41) is 0. The molecule has 16 heavy (non-hydrogen) atoms. The molecule has 1 saturated carbocycles. The molecular weight excluding hydrogens is 200 g/mol. The topological polar surface area (TPSA) is 26.3 Å². The van der Waals surface area contributed by atoms with Crippen molar-refractivity contribution in [2.24, 2.45) is 11.8 Å². The highest BCUT2D eigenvalue weighted by Gasteiger charge is 2.43. The van der Waals surface area contributed by atoms with Crippen LogP contribution in [0.3, 0.4) is 0 Å². The molecule has 2 atom stereocenters. The fourth-order valence-electron chi connectivity index (χ4n) is 3.26. The van der Waals surface area contributed by atoms with Crippen LogP contribution in [0.5, 0.6) is 0 Å². The van der Waals surface area contributed by atoms with Crippen molar-refractivity contribution in [3.05, 3.63) is 35.1 Å². The normalized spacial score (nSPS) is 30.4. The van der Waals surface area contributed by atoms with E-state index in [1.807, 2.05) is 0 Å². The van der Waals surface area contributed by atoms with Crippen molar-refractivity contribution in [2.75, 3.05) is 0 Å². The lowest BCUT2D eigenvalue weighted by molar-refractivity contribution is -0.134. The third-order valence-electron chi connectivity index (χ3n) is 4.02. The summed E-state index contributed by atoms with van der Waals surface area (Å²) >= 11 is 0. The van der Waals surface area contributed by atoms with Gasteiger partial charge in [0.1, 0.15) is 5.76 Å². The summed E-state index contributed by atoms with van der Waals surface area (Å²) in [6.07, 6.45) is 6.92. The van der Waals surface area contributed by atoms with Gasteiger partial charge in [0.15, 0.2) is 0 Å². The van der Waals surface area contributed by atoms with Crippen LogP contribution in [-0.2, 0) is 9.53 Å². The lowest BCUT2D eigenvalue weighted by atomic mass is 9.87. The van der Waals surface area contributed by atoms with Gasteiger partial charge in [-0.3, -0.25) is 0 Å². The van der Waals surface area contributed by atoms with Crippen LogP contribution in [0.15, 0.2) is 35.1 Å². The first-order valence-corrected chi connectivity index (χ1v) is 5.97. The summed E-state index contributed by atoms with van der Waals surface area (Å²) < 4.78 is 5.40. The van der Waals surface area contributed by atoms with E-state index < -0.39 is 0 Å². The lowest BCUT2D eigenvalue weighted by Gasteiger charge is -2.18. The van der Waals surface area contributed by atoms with Crippen molar-refractivity contribution in [2.45, 2.75) is 32.6 Å². The first-order chi connectivity index (χ1) is 7.66. The summed E-state index contributed by atoms with van der Waals surface area (Å²) in [6.45, 7) is 5.30. The summed E-state index contributed by atoms with van der Waals surface area (Å²) in [5.41, 5.74) is 3.36. The average Bonchev–Trinajstić information content (AvgIpc) is 2.88. The Morgan fingerprint density at radius 3 is 3.12 bits per heavy atom. The SMILES string of the molecule is C=C(C)C(=O)OC1=CCC2C1=C1CCC2C1. The molecule has 0 amide bonds. The van der Waals surface area contributed by atoms with Gasteiger partial charge in [-0.25, -0.2) is 4.79 Å². The van der Waals surface area contributed by atoms with E-state index in [0.717, 1.165) is 18.1 Å². The second-order valence-electron chi connectivity index (χ2n) is 5.10. The van der Waals surface area contributed by atoms with E-state index in [4.69, 9.17) is 4.74 Å². The molecule has 2 nitrogen and oxygen atoms in total. The second-order valence-corrected chi connectivity index (χ2v) is 5.10. The summed E-state index contributed by atoms with van der Waals surface area (Å²) in [5.74, 6) is 2.01. The fraction of sp³-hybridized carbons (Fsp3) is 0.500. The number of ether oxygens (including phenoxy) is 1. The number of esters is 1. The predicted molar refractivity (Wildman–Crippen MR) is 61.5 cm³/mol. The molecule has 0 aromatic heterocycles. The van der Waals surface area contributed by atoms with Gasteiger partial charge in [-0.15, -0.1) is 0 Å². The van der Waals surface area contributed by atoms with Crippen molar-refractivity contribution in [1.82, 2.24) is 0 Å². The Morgan fingerprint density at radius 2 is 2.38 bits per heavy atom. The van der Waals surface area contributed by atoms with E-state index in [1.165, 1.54) is 30.4 Å². The van der Waals surface area contributed by atoms with Crippen LogP contribution in [0.1, 0.15) is 32.6 Å². The Hall–Kier alpha value is -1.31. The molecule has 2 heteroatoms. The number of rotatable bonds is 2.